The molecule has 4 nitrogen and oxygen atoms in total. The lowest BCUT2D eigenvalue weighted by Crippen LogP contribution is -2.11. The van der Waals surface area contributed by atoms with Crippen LogP contribution in [0.1, 0.15) is 5.56 Å². The van der Waals surface area contributed by atoms with Gasteiger partial charge >= 0.3 is 0 Å². The van der Waals surface area contributed by atoms with E-state index < -0.39 is 0 Å². The second-order valence-corrected chi connectivity index (χ2v) is 4.98. The zero-order valence-electron chi connectivity index (χ0n) is 11.4. The molecular formula is C15H15FN4. The molecule has 1 N–H and O–H groups in total. The topological polar surface area (TPSA) is 44.8 Å². The minimum absolute atomic E-state index is 0.240. The number of benzene rings is 1. The van der Waals surface area contributed by atoms with E-state index in [0.29, 0.717) is 0 Å². The highest BCUT2D eigenvalue weighted by Gasteiger charge is 2.15. The number of nitrogens with one attached hydrogen (secondary N) is 1. The Bertz CT molecular complexity index is 731. The molecule has 2 aromatic heterocycles. The van der Waals surface area contributed by atoms with E-state index in [-0.39, 0.29) is 5.82 Å². The zero-order valence-corrected chi connectivity index (χ0v) is 11.4. The largest absolute Gasteiger partial charge is 0.338 e. The van der Waals surface area contributed by atoms with Crippen molar-refractivity contribution in [2.45, 2.75) is 6.54 Å². The van der Waals surface area contributed by atoms with Crippen molar-refractivity contribution in [3.05, 3.63) is 48.0 Å². The van der Waals surface area contributed by atoms with Crippen LogP contribution in [0.3, 0.4) is 0 Å². The minimum atomic E-state index is -0.240. The lowest BCUT2D eigenvalue weighted by molar-refractivity contribution is 0.404. The summed E-state index contributed by atoms with van der Waals surface area (Å²) in [5.41, 5.74) is 4.57. The van der Waals surface area contributed by atoms with Gasteiger partial charge in [0.15, 0.2) is 5.65 Å². The number of halogens is 1. The van der Waals surface area contributed by atoms with Crippen molar-refractivity contribution < 1.29 is 4.39 Å². The summed E-state index contributed by atoms with van der Waals surface area (Å²) in [4.78, 5) is 14.1. The molecule has 102 valence electrons. The summed E-state index contributed by atoms with van der Waals surface area (Å²) >= 11 is 0. The molecule has 0 aliphatic carbocycles. The second kappa shape index (κ2) is 5.02. The Morgan fingerprint density at radius 1 is 1.10 bits per heavy atom. The summed E-state index contributed by atoms with van der Waals surface area (Å²) < 4.78 is 13.1. The Labute approximate surface area is 116 Å². The number of fused-ring (bicyclic) bond motifs is 1. The van der Waals surface area contributed by atoms with Crippen molar-refractivity contribution in [2.24, 2.45) is 0 Å². The molecule has 0 atom stereocenters. The molecule has 0 aliphatic heterocycles. The molecule has 0 unspecified atom stereocenters. The smallest absolute Gasteiger partial charge is 0.156 e. The number of rotatable bonds is 3. The van der Waals surface area contributed by atoms with Gasteiger partial charge in [-0.15, -0.1) is 0 Å². The number of aromatic amines is 1. The fourth-order valence-corrected chi connectivity index (χ4v) is 2.30. The van der Waals surface area contributed by atoms with Crippen LogP contribution in [-0.2, 0) is 6.54 Å². The Kier molecular flexibility index (Phi) is 3.20. The van der Waals surface area contributed by atoms with Gasteiger partial charge < -0.3 is 9.88 Å². The number of aromatic nitrogens is 3. The third-order valence-corrected chi connectivity index (χ3v) is 3.14. The Morgan fingerprint density at radius 3 is 2.50 bits per heavy atom. The maximum absolute atomic E-state index is 13.1. The standard InChI is InChI=1S/C15H15FN4/c1-20(2)9-12-13(10-3-5-11(16)6-4-10)19-15-14(12)17-7-8-18-15/h3-8H,9H2,1-2H3,(H,18,19). The first-order valence-electron chi connectivity index (χ1n) is 6.37. The highest BCUT2D eigenvalue weighted by atomic mass is 19.1. The number of hydrogen-bond acceptors (Lipinski definition) is 3. The molecule has 0 amide bonds. The van der Waals surface area contributed by atoms with Gasteiger partial charge in [-0.25, -0.2) is 9.37 Å². The SMILES string of the molecule is CN(C)Cc1c(-c2ccc(F)cc2)[nH]c2nccnc12. The molecule has 5 heteroatoms. The number of nitrogens with zero attached hydrogens (tertiary/aromatic N) is 3. The van der Waals surface area contributed by atoms with Gasteiger partial charge in [0.05, 0.1) is 5.69 Å². The molecule has 0 radical (unpaired) electrons. The molecule has 3 aromatic rings. The zero-order chi connectivity index (χ0) is 14.1. The summed E-state index contributed by atoms with van der Waals surface area (Å²) in [7, 11) is 4.01. The molecule has 0 saturated carbocycles. The van der Waals surface area contributed by atoms with Gasteiger partial charge in [-0.05, 0) is 43.9 Å². The van der Waals surface area contributed by atoms with Crippen LogP contribution in [0.4, 0.5) is 4.39 Å². The summed E-state index contributed by atoms with van der Waals surface area (Å²) in [5.74, 6) is -0.240. The molecule has 0 saturated heterocycles. The maximum Gasteiger partial charge on any atom is 0.156 e. The van der Waals surface area contributed by atoms with Gasteiger partial charge in [-0.2, -0.15) is 0 Å². The van der Waals surface area contributed by atoms with Crippen LogP contribution in [0.15, 0.2) is 36.7 Å². The average Bonchev–Trinajstić information content (AvgIpc) is 2.78. The van der Waals surface area contributed by atoms with Crippen molar-refractivity contribution in [1.82, 2.24) is 19.9 Å². The fourth-order valence-electron chi connectivity index (χ4n) is 2.30. The predicted molar refractivity (Wildman–Crippen MR) is 76.7 cm³/mol. The normalized spacial score (nSPS) is 11.4. The van der Waals surface area contributed by atoms with Crippen molar-refractivity contribution in [3.8, 4) is 11.3 Å². The minimum Gasteiger partial charge on any atom is -0.338 e. The van der Waals surface area contributed by atoms with E-state index >= 15 is 0 Å². The highest BCUT2D eigenvalue weighted by molar-refractivity contribution is 5.85. The van der Waals surface area contributed by atoms with E-state index in [4.69, 9.17) is 0 Å². The highest BCUT2D eigenvalue weighted by Crippen LogP contribution is 2.29. The fraction of sp³-hybridized carbons (Fsp3) is 0.200. The Hall–Kier alpha value is -2.27. The lowest BCUT2D eigenvalue weighted by Gasteiger charge is -2.10. The van der Waals surface area contributed by atoms with Crippen LogP contribution in [-0.4, -0.2) is 33.9 Å². The van der Waals surface area contributed by atoms with E-state index in [1.54, 1.807) is 24.5 Å². The van der Waals surface area contributed by atoms with Crippen molar-refractivity contribution in [2.75, 3.05) is 14.1 Å². The first kappa shape index (κ1) is 12.7. The second-order valence-electron chi connectivity index (χ2n) is 4.98. The first-order valence-corrected chi connectivity index (χ1v) is 6.37. The summed E-state index contributed by atoms with van der Waals surface area (Å²) in [5, 5.41) is 0. The molecule has 0 fully saturated rings. The van der Waals surface area contributed by atoms with Crippen molar-refractivity contribution in [3.63, 3.8) is 0 Å². The van der Waals surface area contributed by atoms with Gasteiger partial charge in [0, 0.05) is 24.5 Å². The molecule has 20 heavy (non-hydrogen) atoms. The summed E-state index contributed by atoms with van der Waals surface area (Å²) in [6.45, 7) is 0.741. The molecule has 2 heterocycles. The molecule has 0 spiro atoms. The first-order chi connectivity index (χ1) is 9.65. The molecule has 3 rings (SSSR count). The van der Waals surface area contributed by atoms with Crippen LogP contribution in [0.25, 0.3) is 22.4 Å². The Morgan fingerprint density at radius 2 is 1.80 bits per heavy atom. The third-order valence-electron chi connectivity index (χ3n) is 3.14. The molecule has 0 bridgehead atoms. The molecular weight excluding hydrogens is 255 g/mol. The maximum atomic E-state index is 13.1. The van der Waals surface area contributed by atoms with E-state index in [2.05, 4.69) is 19.9 Å². The van der Waals surface area contributed by atoms with Gasteiger partial charge in [0.2, 0.25) is 0 Å². The summed E-state index contributed by atoms with van der Waals surface area (Å²) in [6.07, 6.45) is 3.34. The monoisotopic (exact) mass is 270 g/mol. The van der Waals surface area contributed by atoms with E-state index in [0.717, 1.165) is 34.5 Å². The van der Waals surface area contributed by atoms with Crippen LogP contribution in [0, 0.1) is 5.82 Å². The average molecular weight is 270 g/mol. The van der Waals surface area contributed by atoms with Crippen LogP contribution in [0.5, 0.6) is 0 Å². The van der Waals surface area contributed by atoms with Gasteiger partial charge in [-0.3, -0.25) is 4.98 Å². The number of hydrogen-bond donors (Lipinski definition) is 1. The Balaban J connectivity index is 2.20. The molecule has 0 aliphatic rings. The quantitative estimate of drug-likeness (QED) is 0.796. The number of H-pyrrole nitrogens is 1. The van der Waals surface area contributed by atoms with Crippen LogP contribution >= 0.6 is 0 Å². The van der Waals surface area contributed by atoms with Gasteiger partial charge in [-0.1, -0.05) is 0 Å². The van der Waals surface area contributed by atoms with Crippen molar-refractivity contribution >= 4 is 11.2 Å². The van der Waals surface area contributed by atoms with Gasteiger partial charge in [0.1, 0.15) is 11.3 Å². The van der Waals surface area contributed by atoms with Gasteiger partial charge in [0.25, 0.3) is 0 Å². The summed E-state index contributed by atoms with van der Waals surface area (Å²) in [6, 6.07) is 6.45. The van der Waals surface area contributed by atoms with E-state index in [1.807, 2.05) is 14.1 Å². The van der Waals surface area contributed by atoms with Crippen LogP contribution < -0.4 is 0 Å². The lowest BCUT2D eigenvalue weighted by atomic mass is 10.1. The van der Waals surface area contributed by atoms with E-state index in [9.17, 15) is 4.39 Å². The van der Waals surface area contributed by atoms with E-state index in [1.165, 1.54) is 12.1 Å². The predicted octanol–water partition coefficient (Wildman–Crippen LogP) is 2.83. The third kappa shape index (κ3) is 2.28. The molecule has 1 aromatic carbocycles. The van der Waals surface area contributed by atoms with Crippen molar-refractivity contribution in [1.29, 1.82) is 0 Å². The van der Waals surface area contributed by atoms with Crippen LogP contribution in [0.2, 0.25) is 0 Å².